The third kappa shape index (κ3) is 2.04. The molecule has 1 aromatic carbocycles. The first-order valence-corrected chi connectivity index (χ1v) is 5.61. The van der Waals surface area contributed by atoms with E-state index in [2.05, 4.69) is 5.10 Å². The second kappa shape index (κ2) is 5.10. The summed E-state index contributed by atoms with van der Waals surface area (Å²) in [5.41, 5.74) is 8.86. The molecular formula is C13H17N3O2. The molecule has 5 heteroatoms. The minimum absolute atomic E-state index is 0.466. The van der Waals surface area contributed by atoms with Crippen LogP contribution in [0.2, 0.25) is 0 Å². The predicted octanol–water partition coefficient (Wildman–Crippen LogP) is 1.82. The van der Waals surface area contributed by atoms with Crippen LogP contribution in [-0.4, -0.2) is 24.0 Å². The number of benzene rings is 1. The van der Waals surface area contributed by atoms with Crippen molar-refractivity contribution in [2.75, 3.05) is 20.0 Å². The van der Waals surface area contributed by atoms with Crippen molar-refractivity contribution in [1.29, 1.82) is 0 Å². The number of nitrogens with zero attached hydrogens (tertiary/aromatic N) is 2. The molecule has 0 saturated heterocycles. The molecule has 0 unspecified atom stereocenters. The Labute approximate surface area is 106 Å². The third-order valence-electron chi connectivity index (χ3n) is 2.92. The van der Waals surface area contributed by atoms with Gasteiger partial charge >= 0.3 is 0 Å². The Bertz CT molecular complexity index is 549. The molecule has 2 rings (SSSR count). The van der Waals surface area contributed by atoms with Crippen LogP contribution in [0.5, 0.6) is 5.75 Å². The van der Waals surface area contributed by atoms with E-state index in [1.807, 2.05) is 25.2 Å². The standard InChI is InChI=1S/C13H17N3O2/c1-16-13(14)10(7-15-16)9-5-4-6-12(18-3)11(9)8-17-2/h4-7H,8,14H2,1-3H3. The summed E-state index contributed by atoms with van der Waals surface area (Å²) >= 11 is 0. The van der Waals surface area contributed by atoms with E-state index in [9.17, 15) is 0 Å². The summed E-state index contributed by atoms with van der Waals surface area (Å²) in [5, 5.41) is 4.16. The van der Waals surface area contributed by atoms with Gasteiger partial charge in [-0.15, -0.1) is 0 Å². The Morgan fingerprint density at radius 3 is 2.61 bits per heavy atom. The van der Waals surface area contributed by atoms with Gasteiger partial charge in [0.25, 0.3) is 0 Å². The maximum Gasteiger partial charge on any atom is 0.129 e. The maximum atomic E-state index is 6.01. The van der Waals surface area contributed by atoms with Crippen LogP contribution in [0.15, 0.2) is 24.4 Å². The molecule has 0 radical (unpaired) electrons. The van der Waals surface area contributed by atoms with Crippen molar-refractivity contribution in [2.45, 2.75) is 6.61 Å². The van der Waals surface area contributed by atoms with E-state index >= 15 is 0 Å². The summed E-state index contributed by atoms with van der Waals surface area (Å²) in [4.78, 5) is 0. The number of aromatic nitrogens is 2. The fraction of sp³-hybridized carbons (Fsp3) is 0.308. The number of hydrogen-bond donors (Lipinski definition) is 1. The molecule has 0 aliphatic rings. The Morgan fingerprint density at radius 1 is 1.28 bits per heavy atom. The number of nitrogens with two attached hydrogens (primary N) is 1. The molecule has 0 bridgehead atoms. The molecule has 0 aliphatic heterocycles. The summed E-state index contributed by atoms with van der Waals surface area (Å²) in [7, 11) is 5.11. The number of ether oxygens (including phenoxy) is 2. The largest absolute Gasteiger partial charge is 0.496 e. The molecule has 18 heavy (non-hydrogen) atoms. The molecular weight excluding hydrogens is 230 g/mol. The van der Waals surface area contributed by atoms with Crippen LogP contribution in [0.1, 0.15) is 5.56 Å². The Morgan fingerprint density at radius 2 is 2.06 bits per heavy atom. The van der Waals surface area contributed by atoms with Crippen LogP contribution < -0.4 is 10.5 Å². The zero-order chi connectivity index (χ0) is 13.1. The summed E-state index contributed by atoms with van der Waals surface area (Å²) in [6, 6.07) is 5.83. The molecule has 96 valence electrons. The number of methoxy groups -OCH3 is 2. The number of nitrogen functional groups attached to an aromatic ring is 1. The van der Waals surface area contributed by atoms with Gasteiger partial charge in [0.15, 0.2) is 0 Å². The maximum absolute atomic E-state index is 6.01. The van der Waals surface area contributed by atoms with Crippen LogP contribution in [0.25, 0.3) is 11.1 Å². The van der Waals surface area contributed by atoms with Crippen LogP contribution in [0.3, 0.4) is 0 Å². The van der Waals surface area contributed by atoms with E-state index in [0.29, 0.717) is 12.4 Å². The first kappa shape index (κ1) is 12.4. The highest BCUT2D eigenvalue weighted by Gasteiger charge is 2.15. The van der Waals surface area contributed by atoms with Gasteiger partial charge in [-0.2, -0.15) is 5.10 Å². The first-order chi connectivity index (χ1) is 8.69. The van der Waals surface area contributed by atoms with Gasteiger partial charge in [-0.05, 0) is 11.6 Å². The predicted molar refractivity (Wildman–Crippen MR) is 70.3 cm³/mol. The summed E-state index contributed by atoms with van der Waals surface area (Å²) in [6.07, 6.45) is 1.75. The lowest BCUT2D eigenvalue weighted by atomic mass is 10.0. The number of anilines is 1. The lowest BCUT2D eigenvalue weighted by Crippen LogP contribution is -2.00. The van der Waals surface area contributed by atoms with Crippen molar-refractivity contribution in [3.8, 4) is 16.9 Å². The van der Waals surface area contributed by atoms with Crippen LogP contribution >= 0.6 is 0 Å². The van der Waals surface area contributed by atoms with Gasteiger partial charge in [-0.3, -0.25) is 4.68 Å². The zero-order valence-corrected chi connectivity index (χ0v) is 10.8. The van der Waals surface area contributed by atoms with E-state index in [-0.39, 0.29) is 0 Å². The van der Waals surface area contributed by atoms with Crippen molar-refractivity contribution in [1.82, 2.24) is 9.78 Å². The second-order valence-corrected chi connectivity index (χ2v) is 3.99. The van der Waals surface area contributed by atoms with E-state index in [4.69, 9.17) is 15.2 Å². The molecule has 1 heterocycles. The van der Waals surface area contributed by atoms with Gasteiger partial charge in [0, 0.05) is 25.3 Å². The van der Waals surface area contributed by atoms with Gasteiger partial charge < -0.3 is 15.2 Å². The number of hydrogen-bond acceptors (Lipinski definition) is 4. The average molecular weight is 247 g/mol. The fourth-order valence-corrected chi connectivity index (χ4v) is 1.96. The second-order valence-electron chi connectivity index (χ2n) is 3.99. The molecule has 0 atom stereocenters. The first-order valence-electron chi connectivity index (χ1n) is 5.61. The van der Waals surface area contributed by atoms with Gasteiger partial charge in [0.1, 0.15) is 11.6 Å². The van der Waals surface area contributed by atoms with E-state index in [0.717, 1.165) is 22.4 Å². The van der Waals surface area contributed by atoms with Crippen molar-refractivity contribution >= 4 is 5.82 Å². The Balaban J connectivity index is 2.59. The number of aryl methyl sites for hydroxylation is 1. The van der Waals surface area contributed by atoms with Gasteiger partial charge in [-0.25, -0.2) is 0 Å². The van der Waals surface area contributed by atoms with Crippen molar-refractivity contribution in [3.05, 3.63) is 30.0 Å². The Kier molecular flexibility index (Phi) is 3.53. The molecule has 1 aromatic heterocycles. The van der Waals surface area contributed by atoms with E-state index < -0.39 is 0 Å². The SMILES string of the molecule is COCc1c(OC)cccc1-c1cnn(C)c1N. The van der Waals surface area contributed by atoms with Crippen LogP contribution in [0.4, 0.5) is 5.82 Å². The summed E-state index contributed by atoms with van der Waals surface area (Å²) in [5.74, 6) is 1.42. The lowest BCUT2D eigenvalue weighted by molar-refractivity contribution is 0.182. The summed E-state index contributed by atoms with van der Waals surface area (Å²) < 4.78 is 12.2. The van der Waals surface area contributed by atoms with Crippen LogP contribution in [-0.2, 0) is 18.4 Å². The van der Waals surface area contributed by atoms with Gasteiger partial charge in [-0.1, -0.05) is 12.1 Å². The zero-order valence-electron chi connectivity index (χ0n) is 10.8. The molecule has 2 N–H and O–H groups in total. The Hall–Kier alpha value is -2.01. The molecule has 0 saturated carbocycles. The molecule has 0 aliphatic carbocycles. The van der Waals surface area contributed by atoms with E-state index in [1.54, 1.807) is 25.1 Å². The van der Waals surface area contributed by atoms with Crippen LogP contribution in [0, 0.1) is 0 Å². The van der Waals surface area contributed by atoms with E-state index in [1.165, 1.54) is 0 Å². The lowest BCUT2D eigenvalue weighted by Gasteiger charge is -2.12. The monoisotopic (exact) mass is 247 g/mol. The highest BCUT2D eigenvalue weighted by molar-refractivity contribution is 5.77. The minimum atomic E-state index is 0.466. The quantitative estimate of drug-likeness (QED) is 0.895. The molecule has 0 fully saturated rings. The van der Waals surface area contributed by atoms with Gasteiger partial charge in [0.05, 0.1) is 19.9 Å². The molecule has 2 aromatic rings. The van der Waals surface area contributed by atoms with Crippen molar-refractivity contribution in [2.24, 2.45) is 7.05 Å². The highest BCUT2D eigenvalue weighted by atomic mass is 16.5. The average Bonchev–Trinajstić information content (AvgIpc) is 2.71. The third-order valence-corrected chi connectivity index (χ3v) is 2.92. The van der Waals surface area contributed by atoms with Crippen molar-refractivity contribution < 1.29 is 9.47 Å². The fourth-order valence-electron chi connectivity index (χ4n) is 1.96. The van der Waals surface area contributed by atoms with Crippen molar-refractivity contribution in [3.63, 3.8) is 0 Å². The summed E-state index contributed by atoms with van der Waals surface area (Å²) in [6.45, 7) is 0.466. The normalized spacial score (nSPS) is 10.6. The smallest absolute Gasteiger partial charge is 0.129 e. The highest BCUT2D eigenvalue weighted by Crippen LogP contribution is 2.33. The molecule has 5 nitrogen and oxygen atoms in total. The molecule has 0 spiro atoms. The minimum Gasteiger partial charge on any atom is -0.496 e. The number of rotatable bonds is 4. The molecule has 0 amide bonds. The van der Waals surface area contributed by atoms with Gasteiger partial charge in [0.2, 0.25) is 0 Å². The topological polar surface area (TPSA) is 62.3 Å².